The Hall–Kier alpha value is -2.53. The van der Waals surface area contributed by atoms with Crippen molar-refractivity contribution in [2.75, 3.05) is 32.1 Å². The molecule has 2 aromatic rings. The van der Waals surface area contributed by atoms with E-state index in [1.807, 2.05) is 74.3 Å². The Morgan fingerprint density at radius 2 is 1.68 bits per heavy atom. The van der Waals surface area contributed by atoms with Crippen molar-refractivity contribution >= 4 is 11.6 Å². The Morgan fingerprint density at radius 3 is 2.36 bits per heavy atom. The summed E-state index contributed by atoms with van der Waals surface area (Å²) in [5, 5.41) is 2.91. The van der Waals surface area contributed by atoms with Crippen molar-refractivity contribution in [3.05, 3.63) is 54.1 Å². The van der Waals surface area contributed by atoms with E-state index in [2.05, 4.69) is 5.32 Å². The molecule has 0 fully saturated rings. The number of hydrogen-bond acceptors (Lipinski definition) is 4. The van der Waals surface area contributed by atoms with Gasteiger partial charge in [0.25, 0.3) is 0 Å². The fraction of sp³-hybridized carbons (Fsp3) is 0.350. The second-order valence-corrected chi connectivity index (χ2v) is 5.73. The maximum Gasteiger partial charge on any atom is 0.238 e. The van der Waals surface area contributed by atoms with Crippen LogP contribution >= 0.6 is 0 Å². The molecule has 0 spiro atoms. The highest BCUT2D eigenvalue weighted by molar-refractivity contribution is 5.93. The van der Waals surface area contributed by atoms with Crippen LogP contribution in [0, 0.1) is 0 Å². The number of anilines is 1. The summed E-state index contributed by atoms with van der Waals surface area (Å²) >= 11 is 0. The molecule has 0 aliphatic heterocycles. The predicted octanol–water partition coefficient (Wildman–Crippen LogP) is 3.55. The van der Waals surface area contributed by atoms with Crippen molar-refractivity contribution in [3.8, 4) is 11.5 Å². The third-order valence-electron chi connectivity index (χ3n) is 3.56. The van der Waals surface area contributed by atoms with Crippen molar-refractivity contribution < 1.29 is 14.3 Å². The summed E-state index contributed by atoms with van der Waals surface area (Å²) < 4.78 is 11.0. The number of rotatable bonds is 9. The number of hydrogen-bond donors (Lipinski definition) is 1. The minimum Gasteiger partial charge on any atom is -0.494 e. The lowest BCUT2D eigenvalue weighted by molar-refractivity contribution is -0.117. The second-order valence-electron chi connectivity index (χ2n) is 5.73. The smallest absolute Gasteiger partial charge is 0.238 e. The number of para-hydroxylation sites is 2. The summed E-state index contributed by atoms with van der Waals surface area (Å²) in [5.41, 5.74) is 1.83. The lowest BCUT2D eigenvalue weighted by Crippen LogP contribution is -2.30. The summed E-state index contributed by atoms with van der Waals surface area (Å²) in [4.78, 5) is 14.2. The number of amides is 1. The first-order chi connectivity index (χ1) is 12.1. The van der Waals surface area contributed by atoms with E-state index in [0.717, 1.165) is 11.3 Å². The largest absolute Gasteiger partial charge is 0.494 e. The Balaban J connectivity index is 1.87. The molecule has 0 bridgehead atoms. The highest BCUT2D eigenvalue weighted by Crippen LogP contribution is 2.23. The molecule has 0 unspecified atom stereocenters. The van der Waals surface area contributed by atoms with E-state index in [-0.39, 0.29) is 5.91 Å². The second kappa shape index (κ2) is 9.69. The van der Waals surface area contributed by atoms with E-state index in [9.17, 15) is 4.79 Å². The molecule has 134 valence electrons. The molecule has 0 saturated carbocycles. The van der Waals surface area contributed by atoms with Crippen LogP contribution in [-0.4, -0.2) is 37.6 Å². The fourth-order valence-corrected chi connectivity index (χ4v) is 2.51. The maximum absolute atomic E-state index is 12.3. The van der Waals surface area contributed by atoms with Crippen LogP contribution in [0.15, 0.2) is 48.5 Å². The first kappa shape index (κ1) is 18.8. The van der Waals surface area contributed by atoms with E-state index < -0.39 is 0 Å². The first-order valence-corrected chi connectivity index (χ1v) is 8.54. The minimum atomic E-state index is -0.0689. The normalized spacial score (nSPS) is 10.6. The average molecular weight is 342 g/mol. The SMILES string of the molecule is CCOc1ccc(CN(C)CC(=O)Nc2ccccc2OCC)cc1. The van der Waals surface area contributed by atoms with Crippen LogP contribution in [0.5, 0.6) is 11.5 Å². The zero-order chi connectivity index (χ0) is 18.1. The van der Waals surface area contributed by atoms with Crippen molar-refractivity contribution in [1.29, 1.82) is 0 Å². The summed E-state index contributed by atoms with van der Waals surface area (Å²) in [5.74, 6) is 1.48. The van der Waals surface area contributed by atoms with Crippen molar-refractivity contribution in [2.45, 2.75) is 20.4 Å². The van der Waals surface area contributed by atoms with Gasteiger partial charge in [0, 0.05) is 6.54 Å². The first-order valence-electron chi connectivity index (χ1n) is 8.54. The lowest BCUT2D eigenvalue weighted by Gasteiger charge is -2.17. The van der Waals surface area contributed by atoms with Gasteiger partial charge in [-0.3, -0.25) is 9.69 Å². The number of nitrogens with zero attached hydrogens (tertiary/aromatic N) is 1. The van der Waals surface area contributed by atoms with Crippen molar-refractivity contribution in [1.82, 2.24) is 4.90 Å². The summed E-state index contributed by atoms with van der Waals surface area (Å²) in [7, 11) is 1.92. The predicted molar refractivity (Wildman–Crippen MR) is 100 cm³/mol. The van der Waals surface area contributed by atoms with Gasteiger partial charge in [0.1, 0.15) is 11.5 Å². The molecule has 0 aliphatic rings. The molecule has 0 aliphatic carbocycles. The molecule has 5 heteroatoms. The summed E-state index contributed by atoms with van der Waals surface area (Å²) in [6, 6.07) is 15.4. The topological polar surface area (TPSA) is 50.8 Å². The van der Waals surface area contributed by atoms with Crippen LogP contribution < -0.4 is 14.8 Å². The van der Waals surface area contributed by atoms with Crippen LogP contribution in [0.1, 0.15) is 19.4 Å². The van der Waals surface area contributed by atoms with Crippen LogP contribution in [0.25, 0.3) is 0 Å². The lowest BCUT2D eigenvalue weighted by atomic mass is 10.2. The van der Waals surface area contributed by atoms with Gasteiger partial charge in [0.15, 0.2) is 0 Å². The number of nitrogens with one attached hydrogen (secondary N) is 1. The molecule has 0 radical (unpaired) electrons. The van der Waals surface area contributed by atoms with Gasteiger partial charge in [0.2, 0.25) is 5.91 Å². The van der Waals surface area contributed by atoms with E-state index in [1.165, 1.54) is 0 Å². The molecule has 1 amide bonds. The molecule has 1 N–H and O–H groups in total. The van der Waals surface area contributed by atoms with Gasteiger partial charge in [-0.1, -0.05) is 24.3 Å². The van der Waals surface area contributed by atoms with Gasteiger partial charge in [-0.15, -0.1) is 0 Å². The standard InChI is InChI=1S/C20H26N2O3/c1-4-24-17-12-10-16(11-13-17)14-22(3)15-20(23)21-18-8-6-7-9-19(18)25-5-2/h6-13H,4-5,14-15H2,1-3H3,(H,21,23). The number of ether oxygens (including phenoxy) is 2. The Kier molecular flexibility index (Phi) is 7.29. The monoisotopic (exact) mass is 342 g/mol. The molecule has 0 saturated heterocycles. The molecule has 2 rings (SSSR count). The molecular formula is C20H26N2O3. The van der Waals surface area contributed by atoms with Gasteiger partial charge < -0.3 is 14.8 Å². The third-order valence-corrected chi connectivity index (χ3v) is 3.56. The van der Waals surface area contributed by atoms with E-state index >= 15 is 0 Å². The van der Waals surface area contributed by atoms with Gasteiger partial charge >= 0.3 is 0 Å². The van der Waals surface area contributed by atoms with Crippen LogP contribution in [0.4, 0.5) is 5.69 Å². The van der Waals surface area contributed by atoms with Gasteiger partial charge in [-0.2, -0.15) is 0 Å². The third kappa shape index (κ3) is 6.12. The van der Waals surface area contributed by atoms with Gasteiger partial charge in [-0.25, -0.2) is 0 Å². The Morgan fingerprint density at radius 1 is 1.00 bits per heavy atom. The average Bonchev–Trinajstić information content (AvgIpc) is 2.59. The van der Waals surface area contributed by atoms with Crippen LogP contribution in [-0.2, 0) is 11.3 Å². The zero-order valence-corrected chi connectivity index (χ0v) is 15.1. The molecule has 25 heavy (non-hydrogen) atoms. The molecule has 0 heterocycles. The van der Waals surface area contributed by atoms with E-state index in [1.54, 1.807) is 0 Å². The Bertz CT molecular complexity index is 671. The van der Waals surface area contributed by atoms with Gasteiger partial charge in [-0.05, 0) is 50.7 Å². The quantitative estimate of drug-likeness (QED) is 0.757. The molecule has 0 atom stereocenters. The van der Waals surface area contributed by atoms with Crippen molar-refractivity contribution in [3.63, 3.8) is 0 Å². The minimum absolute atomic E-state index is 0.0689. The van der Waals surface area contributed by atoms with E-state index in [4.69, 9.17) is 9.47 Å². The highest BCUT2D eigenvalue weighted by atomic mass is 16.5. The molecular weight excluding hydrogens is 316 g/mol. The number of likely N-dealkylation sites (N-methyl/N-ethyl adjacent to an activating group) is 1. The van der Waals surface area contributed by atoms with Crippen LogP contribution in [0.3, 0.4) is 0 Å². The Labute approximate surface area is 149 Å². The van der Waals surface area contributed by atoms with Crippen molar-refractivity contribution in [2.24, 2.45) is 0 Å². The molecule has 0 aromatic heterocycles. The maximum atomic E-state index is 12.3. The van der Waals surface area contributed by atoms with E-state index in [0.29, 0.717) is 37.7 Å². The molecule has 2 aromatic carbocycles. The molecule has 5 nitrogen and oxygen atoms in total. The number of carbonyl (C=O) groups is 1. The summed E-state index contributed by atoms with van der Waals surface area (Å²) in [6.45, 7) is 6.08. The highest BCUT2D eigenvalue weighted by Gasteiger charge is 2.10. The number of carbonyl (C=O) groups excluding carboxylic acids is 1. The fourth-order valence-electron chi connectivity index (χ4n) is 2.51. The number of benzene rings is 2. The zero-order valence-electron chi connectivity index (χ0n) is 15.1. The van der Waals surface area contributed by atoms with Gasteiger partial charge in [0.05, 0.1) is 25.4 Å². The summed E-state index contributed by atoms with van der Waals surface area (Å²) in [6.07, 6.45) is 0. The van der Waals surface area contributed by atoms with Crippen LogP contribution in [0.2, 0.25) is 0 Å².